The van der Waals surface area contributed by atoms with Crippen LogP contribution in [0.25, 0.3) is 0 Å². The summed E-state index contributed by atoms with van der Waals surface area (Å²) >= 11 is 0. The lowest BCUT2D eigenvalue weighted by molar-refractivity contribution is -0.106. The van der Waals surface area contributed by atoms with Crippen molar-refractivity contribution in [1.82, 2.24) is 9.97 Å². The van der Waals surface area contributed by atoms with Crippen LogP contribution in [0.15, 0.2) is 29.4 Å². The zero-order valence-corrected chi connectivity index (χ0v) is 17.0. The molecule has 0 bridgehead atoms. The Hall–Kier alpha value is -3.24. The van der Waals surface area contributed by atoms with E-state index >= 15 is 0 Å². The van der Waals surface area contributed by atoms with Gasteiger partial charge >= 0.3 is 0 Å². The van der Waals surface area contributed by atoms with Crippen molar-refractivity contribution in [3.8, 4) is 5.88 Å². The summed E-state index contributed by atoms with van der Waals surface area (Å²) in [6, 6.07) is 3.48. The number of carbonyl (C=O) groups is 1. The third-order valence-electron chi connectivity index (χ3n) is 5.34. The highest BCUT2D eigenvalue weighted by atomic mass is 19.3. The van der Waals surface area contributed by atoms with Crippen LogP contribution in [0.4, 0.5) is 17.6 Å². The van der Waals surface area contributed by atoms with E-state index in [0.29, 0.717) is 5.56 Å². The van der Waals surface area contributed by atoms with Crippen LogP contribution in [0.2, 0.25) is 0 Å². The fourth-order valence-electron chi connectivity index (χ4n) is 3.46. The summed E-state index contributed by atoms with van der Waals surface area (Å²) in [4.78, 5) is 23.4. The number of alkyl halides is 3. The number of halogens is 4. The van der Waals surface area contributed by atoms with Gasteiger partial charge in [-0.25, -0.2) is 27.5 Å². The lowest BCUT2D eigenvalue weighted by atomic mass is 9.77. The van der Waals surface area contributed by atoms with Gasteiger partial charge in [-0.3, -0.25) is 9.79 Å². The highest BCUT2D eigenvalue weighted by Crippen LogP contribution is 2.50. The van der Waals surface area contributed by atoms with Gasteiger partial charge in [0.25, 0.3) is 11.8 Å². The van der Waals surface area contributed by atoms with Crippen LogP contribution in [-0.4, -0.2) is 40.4 Å². The number of hydrogen-bond donors (Lipinski definition) is 2. The summed E-state index contributed by atoms with van der Waals surface area (Å²) in [7, 11) is 1.35. The monoisotopic (exact) mass is 439 g/mol. The van der Waals surface area contributed by atoms with Crippen molar-refractivity contribution < 1.29 is 27.1 Å². The summed E-state index contributed by atoms with van der Waals surface area (Å²) < 4.78 is 63.9. The molecule has 1 aliphatic rings. The van der Waals surface area contributed by atoms with E-state index in [1.54, 1.807) is 0 Å². The van der Waals surface area contributed by atoms with Crippen molar-refractivity contribution in [2.45, 2.75) is 43.8 Å². The van der Waals surface area contributed by atoms with Gasteiger partial charge in [-0.15, -0.1) is 0 Å². The Bertz CT molecular complexity index is 1070. The van der Waals surface area contributed by atoms with E-state index in [1.807, 2.05) is 0 Å². The predicted octanol–water partition coefficient (Wildman–Crippen LogP) is 2.65. The number of aliphatic imine (C=N–C) groups is 1. The van der Waals surface area contributed by atoms with Crippen LogP contribution in [0.3, 0.4) is 0 Å². The molecule has 2 atom stereocenters. The maximum absolute atomic E-state index is 14.9. The molecule has 2 heterocycles. The normalized spacial score (nSPS) is 25.1. The van der Waals surface area contributed by atoms with Gasteiger partial charge in [0.2, 0.25) is 5.88 Å². The lowest BCUT2D eigenvalue weighted by Gasteiger charge is -2.42. The summed E-state index contributed by atoms with van der Waals surface area (Å²) in [6.45, 7) is 1.90. The highest BCUT2D eigenvalue weighted by molar-refractivity contribution is 5.92. The third-order valence-corrected chi connectivity index (χ3v) is 5.34. The largest absolute Gasteiger partial charge is 0.480 e. The van der Waals surface area contributed by atoms with Crippen LogP contribution in [0.1, 0.15) is 47.6 Å². The molecule has 1 amide bonds. The topological polar surface area (TPSA) is 116 Å². The van der Waals surface area contributed by atoms with Crippen LogP contribution >= 0.6 is 0 Å². The van der Waals surface area contributed by atoms with Gasteiger partial charge in [0.05, 0.1) is 25.4 Å². The Morgan fingerprint density at radius 3 is 2.55 bits per heavy atom. The average Bonchev–Trinajstić information content (AvgIpc) is 2.67. The highest BCUT2D eigenvalue weighted by Gasteiger charge is 2.60. The molecule has 2 unspecified atom stereocenters. The average molecular weight is 439 g/mol. The second-order valence-corrected chi connectivity index (χ2v) is 7.71. The quantitative estimate of drug-likeness (QED) is 0.695. The third kappa shape index (κ3) is 3.91. The molecule has 0 aliphatic carbocycles. The van der Waals surface area contributed by atoms with Crippen molar-refractivity contribution in [2.75, 3.05) is 7.11 Å². The van der Waals surface area contributed by atoms with E-state index in [1.165, 1.54) is 19.4 Å². The van der Waals surface area contributed by atoms with Gasteiger partial charge in [0.1, 0.15) is 17.3 Å². The van der Waals surface area contributed by atoms with Gasteiger partial charge in [-0.05, 0) is 31.5 Å². The molecule has 7 nitrogen and oxygen atoms in total. The first-order chi connectivity index (χ1) is 14.3. The van der Waals surface area contributed by atoms with Gasteiger partial charge in [0, 0.05) is 12.0 Å². The molecule has 31 heavy (non-hydrogen) atoms. The number of amides is 1. The molecule has 0 spiro atoms. The summed E-state index contributed by atoms with van der Waals surface area (Å²) in [5.74, 6) is -6.07. The molecule has 1 aromatic heterocycles. The van der Waals surface area contributed by atoms with Gasteiger partial charge < -0.3 is 16.2 Å². The second kappa shape index (κ2) is 7.47. The minimum Gasteiger partial charge on any atom is -0.480 e. The van der Waals surface area contributed by atoms with E-state index in [9.17, 15) is 22.4 Å². The zero-order chi connectivity index (χ0) is 23.2. The van der Waals surface area contributed by atoms with Crippen molar-refractivity contribution in [1.29, 1.82) is 0 Å². The van der Waals surface area contributed by atoms with Gasteiger partial charge in [-0.2, -0.15) is 0 Å². The number of amidine groups is 1. The van der Waals surface area contributed by atoms with E-state index in [4.69, 9.17) is 16.2 Å². The zero-order valence-electron chi connectivity index (χ0n) is 17.0. The molecule has 2 aromatic rings. The molecule has 1 aliphatic heterocycles. The van der Waals surface area contributed by atoms with Gasteiger partial charge in [0.15, 0.2) is 11.2 Å². The molecule has 0 radical (unpaired) electrons. The van der Waals surface area contributed by atoms with Crippen molar-refractivity contribution in [3.05, 3.63) is 52.7 Å². The van der Waals surface area contributed by atoms with Crippen molar-refractivity contribution in [2.24, 2.45) is 16.5 Å². The number of hydrogen-bond acceptors (Lipinski definition) is 6. The van der Waals surface area contributed by atoms with E-state index in [0.717, 1.165) is 26.0 Å². The van der Waals surface area contributed by atoms with E-state index < -0.39 is 46.7 Å². The molecule has 0 saturated carbocycles. The Morgan fingerprint density at radius 2 is 1.94 bits per heavy atom. The molecule has 4 N–H and O–H groups in total. The molecule has 11 heteroatoms. The summed E-state index contributed by atoms with van der Waals surface area (Å²) in [5, 5.41) is 0. The molecular weight excluding hydrogens is 418 g/mol. The predicted molar refractivity (Wildman–Crippen MR) is 104 cm³/mol. The number of carbonyl (C=O) groups excluding carboxylic acids is 1. The minimum absolute atomic E-state index is 0.0859. The van der Waals surface area contributed by atoms with Crippen LogP contribution in [-0.2, 0) is 12.0 Å². The standard InChI is InChI=1S/C20H21F4N5O2/c1-18(22)9-20(23,24)19(2,29-17(18)26)11-6-10(4-5-12(11)21)7-13-15(16(25)30)27-8-14(28-13)31-3/h4-6,8H,7,9H2,1-3H3,(H2,25,30)(H2,26,29). The van der Waals surface area contributed by atoms with Gasteiger partial charge in [-0.1, -0.05) is 6.07 Å². The minimum atomic E-state index is -3.73. The maximum Gasteiger partial charge on any atom is 0.280 e. The number of benzene rings is 1. The first-order valence-corrected chi connectivity index (χ1v) is 9.22. The Kier molecular flexibility index (Phi) is 5.41. The molecule has 0 fully saturated rings. The molecule has 3 rings (SSSR count). The summed E-state index contributed by atoms with van der Waals surface area (Å²) in [5.41, 5.74) is 5.76. The molecule has 0 saturated heterocycles. The Morgan fingerprint density at radius 1 is 1.26 bits per heavy atom. The van der Waals surface area contributed by atoms with Crippen LogP contribution in [0, 0.1) is 5.82 Å². The Labute approximate surface area is 175 Å². The number of methoxy groups -OCH3 is 1. The molecule has 166 valence electrons. The fourth-order valence-corrected chi connectivity index (χ4v) is 3.46. The SMILES string of the molecule is COc1cnc(C(N)=O)c(Cc2ccc(F)c(C3(C)N=C(N)C(C)(F)CC3(F)F)c2)n1. The molecule has 1 aromatic carbocycles. The first-order valence-electron chi connectivity index (χ1n) is 9.22. The maximum atomic E-state index is 14.9. The van der Waals surface area contributed by atoms with Crippen LogP contribution in [0.5, 0.6) is 5.88 Å². The second-order valence-electron chi connectivity index (χ2n) is 7.71. The number of ether oxygens (including phenoxy) is 1. The first kappa shape index (κ1) is 22.4. The van der Waals surface area contributed by atoms with E-state index in [-0.39, 0.29) is 23.7 Å². The number of nitrogens with zero attached hydrogens (tertiary/aromatic N) is 3. The summed E-state index contributed by atoms with van der Waals surface area (Å²) in [6.07, 6.45) is -0.130. The Balaban J connectivity index is 2.10. The molecular formula is C20H21F4N5O2. The van der Waals surface area contributed by atoms with E-state index in [2.05, 4.69) is 15.0 Å². The number of aromatic nitrogens is 2. The fraction of sp³-hybridized carbons (Fsp3) is 0.400. The van der Waals surface area contributed by atoms with Crippen molar-refractivity contribution in [3.63, 3.8) is 0 Å². The smallest absolute Gasteiger partial charge is 0.280 e. The number of primary amides is 1. The lowest BCUT2D eigenvalue weighted by Crippen LogP contribution is -2.56. The van der Waals surface area contributed by atoms with Crippen molar-refractivity contribution >= 4 is 11.7 Å². The number of nitrogens with two attached hydrogens (primary N) is 2. The number of rotatable bonds is 5. The van der Waals surface area contributed by atoms with Crippen LogP contribution < -0.4 is 16.2 Å².